The van der Waals surface area contributed by atoms with E-state index in [4.69, 9.17) is 0 Å². The molecule has 0 saturated carbocycles. The molecule has 3 nitrogen and oxygen atoms in total. The van der Waals surface area contributed by atoms with E-state index < -0.39 is 0 Å². The van der Waals surface area contributed by atoms with Gasteiger partial charge in [-0.2, -0.15) is 0 Å². The smallest absolute Gasteiger partial charge is 0.221 e. The summed E-state index contributed by atoms with van der Waals surface area (Å²) in [6.45, 7) is 9.75. The number of nitrogens with one attached hydrogen (secondary N) is 1. The van der Waals surface area contributed by atoms with Crippen LogP contribution in [0.1, 0.15) is 44.4 Å². The number of likely N-dealkylation sites (N-methyl/N-ethyl adjacent to an activating group) is 1. The van der Waals surface area contributed by atoms with E-state index >= 15 is 0 Å². The SMILES string of the molecule is CC(=O)Nc1ccc2c(c1)Cc1ccccc1-2.CN(C/C=C/C#CC(C)(C)C)Cc1cccc2ccccc12. The zero-order chi connectivity index (χ0) is 27.8. The molecule has 1 aliphatic rings. The Bertz CT molecular complexity index is 1540. The normalized spacial score (nSPS) is 11.8. The largest absolute Gasteiger partial charge is 0.326 e. The first-order valence-electron chi connectivity index (χ1n) is 13.5. The van der Waals surface area contributed by atoms with Gasteiger partial charge >= 0.3 is 0 Å². The Morgan fingerprint density at radius 1 is 0.923 bits per heavy atom. The van der Waals surface area contributed by atoms with Crippen LogP contribution < -0.4 is 5.32 Å². The summed E-state index contributed by atoms with van der Waals surface area (Å²) in [5, 5.41) is 5.47. The Balaban J connectivity index is 0.000000186. The molecule has 0 spiro atoms. The molecule has 5 rings (SSSR count). The molecule has 0 aliphatic heterocycles. The Hall–Kier alpha value is -4.13. The molecular weight excluding hydrogens is 476 g/mol. The molecule has 3 heteroatoms. The average molecular weight is 515 g/mol. The number of carbonyl (C=O) groups excluding carboxylic acids is 1. The van der Waals surface area contributed by atoms with Gasteiger partial charge in [-0.05, 0) is 91.0 Å². The van der Waals surface area contributed by atoms with E-state index in [1.807, 2.05) is 12.1 Å². The van der Waals surface area contributed by atoms with Gasteiger partial charge in [-0.3, -0.25) is 9.69 Å². The van der Waals surface area contributed by atoms with Crippen molar-refractivity contribution in [1.29, 1.82) is 0 Å². The van der Waals surface area contributed by atoms with E-state index in [1.165, 1.54) is 45.5 Å². The van der Waals surface area contributed by atoms with Gasteiger partial charge < -0.3 is 5.32 Å². The molecule has 0 fully saturated rings. The third-order valence-electron chi connectivity index (χ3n) is 6.50. The molecule has 4 aromatic rings. The summed E-state index contributed by atoms with van der Waals surface area (Å²) >= 11 is 0. The quantitative estimate of drug-likeness (QED) is 0.240. The molecule has 0 unspecified atom stereocenters. The molecule has 4 aromatic carbocycles. The molecule has 198 valence electrons. The highest BCUT2D eigenvalue weighted by molar-refractivity contribution is 5.90. The molecule has 0 saturated heterocycles. The fourth-order valence-electron chi connectivity index (χ4n) is 4.76. The van der Waals surface area contributed by atoms with Crippen LogP contribution >= 0.6 is 0 Å². The Morgan fingerprint density at radius 2 is 1.64 bits per heavy atom. The average Bonchev–Trinajstić information content (AvgIpc) is 3.26. The van der Waals surface area contributed by atoms with E-state index in [1.54, 1.807) is 0 Å². The predicted molar refractivity (Wildman–Crippen MR) is 166 cm³/mol. The van der Waals surface area contributed by atoms with Crippen LogP contribution in [0.2, 0.25) is 0 Å². The second-order valence-electron chi connectivity index (χ2n) is 11.1. The summed E-state index contributed by atoms with van der Waals surface area (Å²) in [6, 6.07) is 29.6. The van der Waals surface area contributed by atoms with Crippen LogP contribution in [0.25, 0.3) is 21.9 Å². The number of amides is 1. The lowest BCUT2D eigenvalue weighted by Crippen LogP contribution is -2.17. The standard InChI is InChI=1S/C21H25N.C15H13NO/c1-21(2,3)15-8-5-9-16-22(4)17-19-13-10-12-18-11-6-7-14-20(18)19;1-10(17)16-13-6-7-15-12(9-13)8-11-4-2-3-5-14(11)15/h5-7,9-14H,16-17H2,1-4H3;2-7,9H,8H2,1H3,(H,16,17)/b9-5+;. The van der Waals surface area contributed by atoms with Gasteiger partial charge in [0.1, 0.15) is 0 Å². The van der Waals surface area contributed by atoms with Gasteiger partial charge in [-0.25, -0.2) is 0 Å². The molecule has 0 bridgehead atoms. The van der Waals surface area contributed by atoms with Gasteiger partial charge in [-0.15, -0.1) is 0 Å². The first kappa shape index (κ1) is 27.9. The number of hydrogen-bond donors (Lipinski definition) is 1. The van der Waals surface area contributed by atoms with Crippen LogP contribution in [0.4, 0.5) is 5.69 Å². The van der Waals surface area contributed by atoms with E-state index in [0.717, 1.165) is 25.2 Å². The Kier molecular flexibility index (Phi) is 9.02. The molecule has 0 atom stereocenters. The summed E-state index contributed by atoms with van der Waals surface area (Å²) in [5.74, 6) is 6.30. The minimum Gasteiger partial charge on any atom is -0.326 e. The fraction of sp³-hybridized carbons (Fsp3) is 0.250. The van der Waals surface area contributed by atoms with E-state index in [-0.39, 0.29) is 11.3 Å². The molecule has 39 heavy (non-hydrogen) atoms. The number of benzene rings is 4. The van der Waals surface area contributed by atoms with Gasteiger partial charge in [0.25, 0.3) is 0 Å². The summed E-state index contributed by atoms with van der Waals surface area (Å²) in [6.07, 6.45) is 5.05. The minimum absolute atomic E-state index is 0.0274. The fourth-order valence-corrected chi connectivity index (χ4v) is 4.76. The minimum atomic E-state index is -0.0274. The van der Waals surface area contributed by atoms with Crippen molar-refractivity contribution in [1.82, 2.24) is 4.90 Å². The van der Waals surface area contributed by atoms with Crippen LogP contribution in [-0.4, -0.2) is 24.4 Å². The number of fused-ring (bicyclic) bond motifs is 4. The molecular formula is C36H38N2O. The zero-order valence-electron chi connectivity index (χ0n) is 23.7. The third-order valence-corrected chi connectivity index (χ3v) is 6.50. The van der Waals surface area contributed by atoms with Crippen LogP contribution in [0, 0.1) is 17.3 Å². The molecule has 1 amide bonds. The molecule has 1 aliphatic carbocycles. The second-order valence-corrected chi connectivity index (χ2v) is 11.1. The first-order chi connectivity index (χ1) is 18.7. The van der Waals surface area contributed by atoms with Crippen molar-refractivity contribution in [2.75, 3.05) is 18.9 Å². The first-order valence-corrected chi connectivity index (χ1v) is 13.5. The van der Waals surface area contributed by atoms with E-state index in [0.29, 0.717) is 0 Å². The highest BCUT2D eigenvalue weighted by Gasteiger charge is 2.17. The maximum atomic E-state index is 11.0. The third kappa shape index (κ3) is 7.93. The Morgan fingerprint density at radius 3 is 2.44 bits per heavy atom. The van der Waals surface area contributed by atoms with Crippen molar-refractivity contribution in [2.45, 2.75) is 40.7 Å². The number of anilines is 1. The lowest BCUT2D eigenvalue weighted by Gasteiger charge is -2.15. The van der Waals surface area contributed by atoms with Gasteiger partial charge in [0.05, 0.1) is 0 Å². The maximum Gasteiger partial charge on any atom is 0.221 e. The highest BCUT2D eigenvalue weighted by Crippen LogP contribution is 2.37. The van der Waals surface area contributed by atoms with Gasteiger partial charge in [0, 0.05) is 31.1 Å². The number of nitrogens with zero attached hydrogens (tertiary/aromatic N) is 1. The van der Waals surface area contributed by atoms with Crippen LogP contribution in [0.3, 0.4) is 0 Å². The molecule has 1 N–H and O–H groups in total. The summed E-state index contributed by atoms with van der Waals surface area (Å²) in [4.78, 5) is 13.3. The van der Waals surface area contributed by atoms with Crippen molar-refractivity contribution in [2.24, 2.45) is 5.41 Å². The monoisotopic (exact) mass is 514 g/mol. The lowest BCUT2D eigenvalue weighted by atomic mass is 9.98. The van der Waals surface area contributed by atoms with Crippen molar-refractivity contribution >= 4 is 22.4 Å². The summed E-state index contributed by atoms with van der Waals surface area (Å²) in [5.41, 5.74) is 7.57. The predicted octanol–water partition coefficient (Wildman–Crippen LogP) is 8.09. The van der Waals surface area contributed by atoms with Crippen molar-refractivity contribution in [3.8, 4) is 23.0 Å². The van der Waals surface area contributed by atoms with Crippen molar-refractivity contribution in [3.63, 3.8) is 0 Å². The number of allylic oxidation sites excluding steroid dienone is 1. The zero-order valence-corrected chi connectivity index (χ0v) is 23.7. The lowest BCUT2D eigenvalue weighted by molar-refractivity contribution is -0.114. The molecule has 0 aromatic heterocycles. The highest BCUT2D eigenvalue weighted by atomic mass is 16.1. The maximum absolute atomic E-state index is 11.0. The number of carbonyl (C=O) groups is 1. The number of rotatable bonds is 5. The van der Waals surface area contributed by atoms with E-state index in [2.05, 4.69) is 135 Å². The van der Waals surface area contributed by atoms with Crippen LogP contribution in [0.5, 0.6) is 0 Å². The van der Waals surface area contributed by atoms with Crippen molar-refractivity contribution in [3.05, 3.63) is 114 Å². The van der Waals surface area contributed by atoms with Crippen LogP contribution in [0.15, 0.2) is 97.1 Å². The van der Waals surface area contributed by atoms with Crippen molar-refractivity contribution < 1.29 is 4.79 Å². The molecule has 0 radical (unpaired) electrons. The van der Waals surface area contributed by atoms with Gasteiger partial charge in [0.2, 0.25) is 5.91 Å². The van der Waals surface area contributed by atoms with Crippen LogP contribution in [-0.2, 0) is 17.8 Å². The topological polar surface area (TPSA) is 32.3 Å². The number of hydrogen-bond acceptors (Lipinski definition) is 2. The second kappa shape index (κ2) is 12.6. The van der Waals surface area contributed by atoms with E-state index in [9.17, 15) is 4.79 Å². The Labute approximate surface area is 233 Å². The van der Waals surface area contributed by atoms with Gasteiger partial charge in [-0.1, -0.05) is 90.7 Å². The molecule has 0 heterocycles. The summed E-state index contributed by atoms with van der Waals surface area (Å²) < 4.78 is 0. The van der Waals surface area contributed by atoms with Gasteiger partial charge in [0.15, 0.2) is 0 Å². The summed E-state index contributed by atoms with van der Waals surface area (Å²) in [7, 11) is 2.14.